The molecule has 0 spiro atoms. The second kappa shape index (κ2) is 7.23. The van der Waals surface area contributed by atoms with Crippen LogP contribution in [0.25, 0.3) is 16.9 Å². The Bertz CT molecular complexity index is 898. The molecule has 1 aromatic carbocycles. The predicted octanol–water partition coefficient (Wildman–Crippen LogP) is 3.77. The van der Waals surface area contributed by atoms with Gasteiger partial charge in [-0.05, 0) is 39.0 Å². The van der Waals surface area contributed by atoms with Crippen LogP contribution >= 0.6 is 11.6 Å². The third-order valence-electron chi connectivity index (χ3n) is 4.36. The van der Waals surface area contributed by atoms with Gasteiger partial charge in [0.2, 0.25) is 5.91 Å². The highest BCUT2D eigenvalue weighted by Crippen LogP contribution is 2.28. The summed E-state index contributed by atoms with van der Waals surface area (Å²) < 4.78 is 1.80. The Labute approximate surface area is 152 Å². The van der Waals surface area contributed by atoms with Crippen LogP contribution in [-0.2, 0) is 11.2 Å². The van der Waals surface area contributed by atoms with E-state index < -0.39 is 0 Å². The van der Waals surface area contributed by atoms with Crippen LogP contribution in [0.5, 0.6) is 0 Å². The molecule has 0 atom stereocenters. The molecule has 25 heavy (non-hydrogen) atoms. The van der Waals surface area contributed by atoms with Gasteiger partial charge >= 0.3 is 0 Å². The van der Waals surface area contributed by atoms with Crippen molar-refractivity contribution in [2.45, 2.75) is 27.2 Å². The lowest BCUT2D eigenvalue weighted by Crippen LogP contribution is -2.31. The van der Waals surface area contributed by atoms with Gasteiger partial charge in [0, 0.05) is 41.1 Å². The Morgan fingerprint density at radius 1 is 1.16 bits per heavy atom. The topological polar surface area (TPSA) is 50.5 Å². The number of carbonyl (C=O) groups excluding carboxylic acids is 1. The number of aromatic nitrogens is 3. The van der Waals surface area contributed by atoms with Gasteiger partial charge in [0.1, 0.15) is 0 Å². The van der Waals surface area contributed by atoms with Gasteiger partial charge in [-0.15, -0.1) is 0 Å². The summed E-state index contributed by atoms with van der Waals surface area (Å²) in [5, 5.41) is 5.39. The molecular weight excluding hydrogens is 336 g/mol. The van der Waals surface area contributed by atoms with Crippen molar-refractivity contribution in [3.63, 3.8) is 0 Å². The average Bonchev–Trinajstić information content (AvgIpc) is 2.97. The molecule has 0 aliphatic carbocycles. The molecule has 1 amide bonds. The number of halogens is 1. The van der Waals surface area contributed by atoms with E-state index in [1.165, 1.54) is 0 Å². The van der Waals surface area contributed by atoms with Crippen LogP contribution in [0.15, 0.2) is 36.5 Å². The Hall–Kier alpha value is -2.40. The standard InChI is InChI=1S/C19H21ClN4O/c1-4-23(5-2)17(25)12-16-18(14-6-8-15(20)9-7-14)22-24-13(3)10-11-21-19(16)24/h6-11H,4-5,12H2,1-3H3. The number of nitrogens with zero attached hydrogens (tertiary/aromatic N) is 4. The molecule has 6 heteroatoms. The van der Waals surface area contributed by atoms with Crippen molar-refractivity contribution in [3.05, 3.63) is 52.8 Å². The van der Waals surface area contributed by atoms with Crippen LogP contribution in [0.4, 0.5) is 0 Å². The molecule has 130 valence electrons. The largest absolute Gasteiger partial charge is 0.343 e. The zero-order chi connectivity index (χ0) is 18.0. The van der Waals surface area contributed by atoms with Gasteiger partial charge in [0.25, 0.3) is 0 Å². The van der Waals surface area contributed by atoms with E-state index in [1.807, 2.05) is 56.0 Å². The van der Waals surface area contributed by atoms with Gasteiger partial charge in [-0.2, -0.15) is 5.10 Å². The third-order valence-corrected chi connectivity index (χ3v) is 4.62. The third kappa shape index (κ3) is 3.37. The zero-order valence-corrected chi connectivity index (χ0v) is 15.4. The van der Waals surface area contributed by atoms with Gasteiger partial charge in [0.15, 0.2) is 5.65 Å². The normalized spacial score (nSPS) is 11.0. The van der Waals surface area contributed by atoms with Crippen molar-refractivity contribution in [2.75, 3.05) is 13.1 Å². The minimum atomic E-state index is 0.0819. The van der Waals surface area contributed by atoms with E-state index in [2.05, 4.69) is 4.98 Å². The van der Waals surface area contributed by atoms with Crippen molar-refractivity contribution in [3.8, 4) is 11.3 Å². The van der Waals surface area contributed by atoms with E-state index in [0.29, 0.717) is 18.1 Å². The molecular formula is C19H21ClN4O. The molecule has 0 bridgehead atoms. The number of amides is 1. The second-order valence-corrected chi connectivity index (χ2v) is 6.33. The smallest absolute Gasteiger partial charge is 0.227 e. The SMILES string of the molecule is CCN(CC)C(=O)Cc1c(-c2ccc(Cl)cc2)nn2c(C)ccnc12. The molecule has 5 nitrogen and oxygen atoms in total. The monoisotopic (exact) mass is 356 g/mol. The molecule has 0 radical (unpaired) electrons. The Balaban J connectivity index is 2.14. The highest BCUT2D eigenvalue weighted by atomic mass is 35.5. The number of benzene rings is 1. The Morgan fingerprint density at radius 3 is 2.48 bits per heavy atom. The molecule has 0 aliphatic heterocycles. The lowest BCUT2D eigenvalue weighted by Gasteiger charge is -2.18. The highest BCUT2D eigenvalue weighted by Gasteiger charge is 2.21. The van der Waals surface area contributed by atoms with Crippen molar-refractivity contribution in [1.29, 1.82) is 0 Å². The van der Waals surface area contributed by atoms with E-state index in [1.54, 1.807) is 10.7 Å². The molecule has 0 N–H and O–H groups in total. The summed E-state index contributed by atoms with van der Waals surface area (Å²) in [5.41, 5.74) is 4.26. The predicted molar refractivity (Wildman–Crippen MR) is 99.8 cm³/mol. The van der Waals surface area contributed by atoms with E-state index in [9.17, 15) is 4.79 Å². The number of hydrogen-bond donors (Lipinski definition) is 0. The zero-order valence-electron chi connectivity index (χ0n) is 14.7. The van der Waals surface area contributed by atoms with Crippen LogP contribution in [0, 0.1) is 6.92 Å². The molecule has 3 aromatic rings. The number of fused-ring (bicyclic) bond motifs is 1. The van der Waals surface area contributed by atoms with Crippen molar-refractivity contribution >= 4 is 23.2 Å². The summed E-state index contributed by atoms with van der Waals surface area (Å²) in [5.74, 6) is 0.0819. The van der Waals surface area contributed by atoms with Crippen LogP contribution in [0.3, 0.4) is 0 Å². The molecule has 0 fully saturated rings. The maximum Gasteiger partial charge on any atom is 0.227 e. The summed E-state index contributed by atoms with van der Waals surface area (Å²) in [6, 6.07) is 9.41. The lowest BCUT2D eigenvalue weighted by atomic mass is 10.0. The van der Waals surface area contributed by atoms with Gasteiger partial charge in [-0.25, -0.2) is 9.50 Å². The van der Waals surface area contributed by atoms with Crippen molar-refractivity contribution in [2.24, 2.45) is 0 Å². The maximum atomic E-state index is 12.7. The summed E-state index contributed by atoms with van der Waals surface area (Å²) in [6.45, 7) is 7.33. The highest BCUT2D eigenvalue weighted by molar-refractivity contribution is 6.30. The molecule has 0 saturated carbocycles. The average molecular weight is 357 g/mol. The minimum absolute atomic E-state index is 0.0819. The minimum Gasteiger partial charge on any atom is -0.343 e. The Morgan fingerprint density at radius 2 is 1.84 bits per heavy atom. The summed E-state index contributed by atoms with van der Waals surface area (Å²) in [6.07, 6.45) is 2.03. The van der Waals surface area contributed by atoms with Crippen LogP contribution in [0.1, 0.15) is 25.1 Å². The quantitative estimate of drug-likeness (QED) is 0.699. The van der Waals surface area contributed by atoms with Gasteiger partial charge in [0.05, 0.1) is 12.1 Å². The number of carbonyl (C=O) groups is 1. The first-order chi connectivity index (χ1) is 12.0. The van der Waals surface area contributed by atoms with Crippen LogP contribution in [-0.4, -0.2) is 38.5 Å². The van der Waals surface area contributed by atoms with Crippen LogP contribution < -0.4 is 0 Å². The van der Waals surface area contributed by atoms with E-state index >= 15 is 0 Å². The summed E-state index contributed by atoms with van der Waals surface area (Å²) >= 11 is 6.01. The number of likely N-dealkylation sites (N-methyl/N-ethyl adjacent to an activating group) is 1. The maximum absolute atomic E-state index is 12.7. The van der Waals surface area contributed by atoms with E-state index in [-0.39, 0.29) is 12.3 Å². The van der Waals surface area contributed by atoms with Crippen LogP contribution in [0.2, 0.25) is 5.02 Å². The second-order valence-electron chi connectivity index (χ2n) is 5.90. The number of hydrogen-bond acceptors (Lipinski definition) is 3. The molecule has 3 rings (SSSR count). The molecule has 0 unspecified atom stereocenters. The number of rotatable bonds is 5. The van der Waals surface area contributed by atoms with E-state index in [0.717, 1.165) is 28.2 Å². The summed E-state index contributed by atoms with van der Waals surface area (Å²) in [4.78, 5) is 19.0. The van der Waals surface area contributed by atoms with Gasteiger partial charge in [-0.1, -0.05) is 23.7 Å². The number of aryl methyl sites for hydroxylation is 1. The van der Waals surface area contributed by atoms with Gasteiger partial charge in [-0.3, -0.25) is 4.79 Å². The fourth-order valence-corrected chi connectivity index (χ4v) is 3.07. The lowest BCUT2D eigenvalue weighted by molar-refractivity contribution is -0.130. The first kappa shape index (κ1) is 17.4. The Kier molecular flexibility index (Phi) is 5.04. The van der Waals surface area contributed by atoms with Gasteiger partial charge < -0.3 is 4.90 Å². The first-order valence-electron chi connectivity index (χ1n) is 8.42. The first-order valence-corrected chi connectivity index (χ1v) is 8.79. The fraction of sp³-hybridized carbons (Fsp3) is 0.316. The summed E-state index contributed by atoms with van der Waals surface area (Å²) in [7, 11) is 0. The van der Waals surface area contributed by atoms with Crippen molar-refractivity contribution in [1.82, 2.24) is 19.5 Å². The molecule has 0 saturated heterocycles. The molecule has 2 aromatic heterocycles. The molecule has 2 heterocycles. The van der Waals surface area contributed by atoms with Crippen molar-refractivity contribution < 1.29 is 4.79 Å². The van der Waals surface area contributed by atoms with E-state index in [4.69, 9.17) is 16.7 Å². The molecule has 0 aliphatic rings. The fourth-order valence-electron chi connectivity index (χ4n) is 2.95.